The van der Waals surface area contributed by atoms with Gasteiger partial charge in [-0.3, -0.25) is 9.59 Å². The number of nitrogens with one attached hydrogen (secondary N) is 2. The molecule has 2 aromatic carbocycles. The number of hydrogen-bond acceptors (Lipinski definition) is 3. The molecule has 0 aromatic heterocycles. The lowest BCUT2D eigenvalue weighted by Gasteiger charge is -2.07. The Morgan fingerprint density at radius 3 is 2.17 bits per heavy atom. The Hall–Kier alpha value is -2.27. The summed E-state index contributed by atoms with van der Waals surface area (Å²) in [7, 11) is 0. The Morgan fingerprint density at radius 2 is 1.48 bits per heavy atom. The Morgan fingerprint density at radius 1 is 0.826 bits per heavy atom. The maximum absolute atomic E-state index is 11.7. The van der Waals surface area contributed by atoms with Crippen LogP contribution in [0.15, 0.2) is 65.6 Å². The lowest BCUT2D eigenvalue weighted by atomic mass is 10.1. The Labute approximate surface area is 140 Å². The standard InChI is InChI=1S/C18H20N2O2S/c21-17(13-15-7-3-1-4-8-15)20-14-18(22)19-11-12-23-16-9-5-2-6-10-16/h1-10H,11-14H2,(H,19,22)(H,20,21). The van der Waals surface area contributed by atoms with Crippen LogP contribution in [0, 0.1) is 0 Å². The van der Waals surface area contributed by atoms with Crippen LogP contribution in [0.3, 0.4) is 0 Å². The number of thioether (sulfide) groups is 1. The molecule has 0 aliphatic rings. The molecular formula is C18H20N2O2S. The molecule has 0 saturated carbocycles. The predicted molar refractivity (Wildman–Crippen MR) is 93.3 cm³/mol. The van der Waals surface area contributed by atoms with Crippen LogP contribution < -0.4 is 10.6 Å². The number of hydrogen-bond donors (Lipinski definition) is 2. The van der Waals surface area contributed by atoms with Gasteiger partial charge in [0.25, 0.3) is 0 Å². The van der Waals surface area contributed by atoms with Crippen molar-refractivity contribution < 1.29 is 9.59 Å². The van der Waals surface area contributed by atoms with Gasteiger partial charge in [-0.25, -0.2) is 0 Å². The first-order valence-corrected chi connectivity index (χ1v) is 8.48. The van der Waals surface area contributed by atoms with Crippen molar-refractivity contribution >= 4 is 23.6 Å². The van der Waals surface area contributed by atoms with Crippen LogP contribution in [0.4, 0.5) is 0 Å². The van der Waals surface area contributed by atoms with Crippen molar-refractivity contribution in [3.8, 4) is 0 Å². The molecule has 2 rings (SSSR count). The zero-order valence-corrected chi connectivity index (χ0v) is 13.6. The molecule has 0 aliphatic carbocycles. The first-order valence-electron chi connectivity index (χ1n) is 7.49. The summed E-state index contributed by atoms with van der Waals surface area (Å²) in [6, 6.07) is 19.5. The van der Waals surface area contributed by atoms with Crippen LogP contribution in [-0.2, 0) is 16.0 Å². The second kappa shape index (κ2) is 9.69. The lowest BCUT2D eigenvalue weighted by molar-refractivity contribution is -0.125. The molecule has 0 heterocycles. The quantitative estimate of drug-likeness (QED) is 0.577. The fourth-order valence-corrected chi connectivity index (χ4v) is 2.75. The number of rotatable bonds is 8. The predicted octanol–water partition coefficient (Wildman–Crippen LogP) is 2.25. The van der Waals surface area contributed by atoms with Crippen LogP contribution in [0.5, 0.6) is 0 Å². The third-order valence-electron chi connectivity index (χ3n) is 3.09. The van der Waals surface area contributed by atoms with Crippen molar-refractivity contribution in [2.45, 2.75) is 11.3 Å². The molecule has 2 aromatic rings. The number of carbonyl (C=O) groups excluding carboxylic acids is 2. The Balaban J connectivity index is 1.57. The van der Waals surface area contributed by atoms with Crippen LogP contribution in [0.25, 0.3) is 0 Å². The fraction of sp³-hybridized carbons (Fsp3) is 0.222. The molecule has 0 saturated heterocycles. The minimum Gasteiger partial charge on any atom is -0.354 e. The summed E-state index contributed by atoms with van der Waals surface area (Å²) in [5, 5.41) is 5.43. The van der Waals surface area contributed by atoms with E-state index in [-0.39, 0.29) is 24.8 Å². The van der Waals surface area contributed by atoms with Gasteiger partial charge in [-0.2, -0.15) is 0 Å². The number of benzene rings is 2. The van der Waals surface area contributed by atoms with Gasteiger partial charge < -0.3 is 10.6 Å². The van der Waals surface area contributed by atoms with E-state index in [1.807, 2.05) is 60.7 Å². The van der Waals surface area contributed by atoms with Crippen molar-refractivity contribution in [1.29, 1.82) is 0 Å². The summed E-state index contributed by atoms with van der Waals surface area (Å²) in [6.45, 7) is 0.592. The van der Waals surface area contributed by atoms with Gasteiger partial charge in [0.2, 0.25) is 11.8 Å². The second-order valence-corrected chi connectivity index (χ2v) is 6.12. The van der Waals surface area contributed by atoms with Crippen molar-refractivity contribution in [3.05, 3.63) is 66.2 Å². The van der Waals surface area contributed by atoms with Crippen molar-refractivity contribution in [1.82, 2.24) is 10.6 Å². The zero-order valence-electron chi connectivity index (χ0n) is 12.8. The summed E-state index contributed by atoms with van der Waals surface area (Å²) < 4.78 is 0. The highest BCUT2D eigenvalue weighted by Crippen LogP contribution is 2.15. The second-order valence-electron chi connectivity index (χ2n) is 4.95. The minimum absolute atomic E-state index is 0.0155. The van der Waals surface area contributed by atoms with Gasteiger partial charge >= 0.3 is 0 Å². The minimum atomic E-state index is -0.167. The Bertz CT molecular complexity index is 617. The van der Waals surface area contributed by atoms with E-state index in [1.165, 1.54) is 4.90 Å². The smallest absolute Gasteiger partial charge is 0.239 e. The monoisotopic (exact) mass is 328 g/mol. The van der Waals surface area contributed by atoms with E-state index < -0.39 is 0 Å². The van der Waals surface area contributed by atoms with Gasteiger partial charge in [0.15, 0.2) is 0 Å². The van der Waals surface area contributed by atoms with Crippen LogP contribution in [0.1, 0.15) is 5.56 Å². The molecule has 120 valence electrons. The van der Waals surface area contributed by atoms with Crippen molar-refractivity contribution in [2.24, 2.45) is 0 Å². The van der Waals surface area contributed by atoms with E-state index in [9.17, 15) is 9.59 Å². The zero-order chi connectivity index (χ0) is 16.3. The van der Waals surface area contributed by atoms with E-state index in [0.29, 0.717) is 6.54 Å². The van der Waals surface area contributed by atoms with E-state index in [2.05, 4.69) is 10.6 Å². The molecule has 0 radical (unpaired) electrons. The molecule has 0 atom stereocenters. The number of amides is 2. The molecular weight excluding hydrogens is 308 g/mol. The topological polar surface area (TPSA) is 58.2 Å². The largest absolute Gasteiger partial charge is 0.354 e. The van der Waals surface area contributed by atoms with Crippen LogP contribution >= 0.6 is 11.8 Å². The highest BCUT2D eigenvalue weighted by molar-refractivity contribution is 7.99. The van der Waals surface area contributed by atoms with Gasteiger partial charge in [-0.15, -0.1) is 11.8 Å². The van der Waals surface area contributed by atoms with E-state index in [1.54, 1.807) is 11.8 Å². The SMILES string of the molecule is O=C(CNC(=O)Cc1ccccc1)NCCSc1ccccc1. The molecule has 2 N–H and O–H groups in total. The maximum Gasteiger partial charge on any atom is 0.239 e. The molecule has 5 heteroatoms. The van der Waals surface area contributed by atoms with E-state index in [4.69, 9.17) is 0 Å². The third kappa shape index (κ3) is 7.02. The fourth-order valence-electron chi connectivity index (χ4n) is 1.96. The van der Waals surface area contributed by atoms with Crippen molar-refractivity contribution in [3.63, 3.8) is 0 Å². The summed E-state index contributed by atoms with van der Waals surface area (Å²) in [6.07, 6.45) is 0.290. The molecule has 0 spiro atoms. The molecule has 0 bridgehead atoms. The van der Waals surface area contributed by atoms with Crippen molar-refractivity contribution in [2.75, 3.05) is 18.8 Å². The number of carbonyl (C=O) groups is 2. The normalized spacial score (nSPS) is 10.1. The first kappa shape index (κ1) is 17.1. The van der Waals surface area contributed by atoms with Gasteiger partial charge in [0, 0.05) is 17.2 Å². The van der Waals surface area contributed by atoms with Crippen LogP contribution in [0.2, 0.25) is 0 Å². The van der Waals surface area contributed by atoms with Gasteiger partial charge in [0.05, 0.1) is 13.0 Å². The molecule has 2 amide bonds. The molecule has 0 unspecified atom stereocenters. The summed E-state index contributed by atoms with van der Waals surface area (Å²) >= 11 is 1.69. The van der Waals surface area contributed by atoms with E-state index >= 15 is 0 Å². The highest BCUT2D eigenvalue weighted by atomic mass is 32.2. The van der Waals surface area contributed by atoms with Gasteiger partial charge in [-0.1, -0.05) is 48.5 Å². The molecule has 23 heavy (non-hydrogen) atoms. The summed E-state index contributed by atoms with van der Waals surface area (Å²) in [5.41, 5.74) is 0.935. The maximum atomic E-state index is 11.7. The molecule has 0 fully saturated rings. The average Bonchev–Trinajstić information content (AvgIpc) is 2.59. The summed E-state index contributed by atoms with van der Waals surface area (Å²) in [4.78, 5) is 24.6. The van der Waals surface area contributed by atoms with E-state index in [0.717, 1.165) is 11.3 Å². The van der Waals surface area contributed by atoms with Gasteiger partial charge in [-0.05, 0) is 17.7 Å². The average molecular weight is 328 g/mol. The lowest BCUT2D eigenvalue weighted by Crippen LogP contribution is -2.38. The highest BCUT2D eigenvalue weighted by Gasteiger charge is 2.06. The Kier molecular flexibility index (Phi) is 7.20. The first-order chi connectivity index (χ1) is 11.2. The molecule has 4 nitrogen and oxygen atoms in total. The van der Waals surface area contributed by atoms with Gasteiger partial charge in [0.1, 0.15) is 0 Å². The third-order valence-corrected chi connectivity index (χ3v) is 4.10. The molecule has 0 aliphatic heterocycles. The van der Waals surface area contributed by atoms with Crippen LogP contribution in [-0.4, -0.2) is 30.7 Å². The summed E-state index contributed by atoms with van der Waals surface area (Å²) in [5.74, 6) is 0.485.